The second-order valence-electron chi connectivity index (χ2n) is 13.5. The summed E-state index contributed by atoms with van der Waals surface area (Å²) in [4.78, 5) is 26.6. The van der Waals surface area contributed by atoms with Crippen LogP contribution < -0.4 is 10.6 Å². The van der Waals surface area contributed by atoms with Crippen LogP contribution in [0.2, 0.25) is 0 Å². The molecule has 1 aliphatic carbocycles. The molecule has 1 saturated heterocycles. The molecule has 10 heteroatoms. The third-order valence-corrected chi connectivity index (χ3v) is 10.2. The molecule has 0 aromatic heterocycles. The summed E-state index contributed by atoms with van der Waals surface area (Å²) in [6, 6.07) is 27.1. The molecule has 0 saturated carbocycles. The second-order valence-corrected chi connectivity index (χ2v) is 15.0. The van der Waals surface area contributed by atoms with Gasteiger partial charge in [-0.1, -0.05) is 72.3 Å². The first-order valence-corrected chi connectivity index (χ1v) is 18.5. The normalized spacial score (nSPS) is 17.4. The Bertz CT molecular complexity index is 2100. The summed E-state index contributed by atoms with van der Waals surface area (Å²) in [6.07, 6.45) is 5.23. The summed E-state index contributed by atoms with van der Waals surface area (Å²) < 4.78 is 42.4. The molecule has 9 nitrogen and oxygen atoms in total. The molecule has 2 unspecified atom stereocenters. The van der Waals surface area contributed by atoms with Crippen LogP contribution in [0.25, 0.3) is 16.7 Å². The van der Waals surface area contributed by atoms with E-state index in [9.17, 15) is 18.0 Å². The van der Waals surface area contributed by atoms with Gasteiger partial charge in [0.15, 0.2) is 6.79 Å². The number of anilines is 1. The van der Waals surface area contributed by atoms with Crippen LogP contribution in [0.3, 0.4) is 0 Å². The lowest BCUT2D eigenvalue weighted by molar-refractivity contribution is -0.117. The van der Waals surface area contributed by atoms with E-state index in [0.29, 0.717) is 24.1 Å². The number of ether oxygens (including phenoxy) is 2. The van der Waals surface area contributed by atoms with Gasteiger partial charge in [0.25, 0.3) is 16.0 Å². The predicted octanol–water partition coefficient (Wildman–Crippen LogP) is 7.30. The Morgan fingerprint density at radius 1 is 0.902 bits per heavy atom. The van der Waals surface area contributed by atoms with Gasteiger partial charge in [0.05, 0.1) is 11.7 Å². The van der Waals surface area contributed by atoms with E-state index < -0.39 is 33.3 Å². The molecular weight excluding hydrogens is 665 g/mol. The first-order chi connectivity index (χ1) is 24.3. The summed E-state index contributed by atoms with van der Waals surface area (Å²) in [5.41, 5.74) is 10.2. The number of nitrogens with one attached hydrogen (secondary N) is 2. The Balaban J connectivity index is 1.22. The first-order valence-electron chi connectivity index (χ1n) is 16.9. The van der Waals surface area contributed by atoms with Crippen LogP contribution in [0.4, 0.5) is 5.69 Å². The lowest BCUT2D eigenvalue weighted by atomic mass is 9.87. The molecule has 51 heavy (non-hydrogen) atoms. The van der Waals surface area contributed by atoms with Gasteiger partial charge >= 0.3 is 0 Å². The third-order valence-electron chi connectivity index (χ3n) is 9.49. The van der Waals surface area contributed by atoms with Gasteiger partial charge in [0.1, 0.15) is 11.4 Å². The van der Waals surface area contributed by atoms with Crippen LogP contribution in [0.15, 0.2) is 103 Å². The molecule has 4 aromatic rings. The number of benzene rings is 4. The molecule has 2 atom stereocenters. The summed E-state index contributed by atoms with van der Waals surface area (Å²) in [5, 5.41) is 5.62. The highest BCUT2D eigenvalue weighted by atomic mass is 32.2. The Kier molecular flexibility index (Phi) is 10.3. The molecular formula is C41H42N2O7S. The number of fused-ring (bicyclic) bond motifs is 1. The number of hydrogen-bond acceptors (Lipinski definition) is 6. The van der Waals surface area contributed by atoms with Gasteiger partial charge in [0.2, 0.25) is 5.91 Å². The summed E-state index contributed by atoms with van der Waals surface area (Å²) in [7, 11) is -4.18. The van der Waals surface area contributed by atoms with E-state index in [2.05, 4.69) is 49.6 Å². The fourth-order valence-electron chi connectivity index (χ4n) is 6.78. The smallest absolute Gasteiger partial charge is 0.266 e. The zero-order chi connectivity index (χ0) is 36.3. The van der Waals surface area contributed by atoms with Crippen molar-refractivity contribution >= 4 is 33.2 Å². The standard InChI is InChI=1S/C41H42N2O7S/c1-26-21-27(2)38(28(3)22-26)32-13-15-35(16-14-32)43-40(45)36(23-29-5-7-33(8-6-29)39(44)42-19-20-51(46,47)48)31-11-9-30(10-12-31)34-17-18-41(4)37(24-34)49-25-50-41/h5-17,21-22,24,36H,18-20,23,25H2,1-4H3,(H,42,44)(H,43,45)(H,46,47,48). The number of amides is 2. The van der Waals surface area contributed by atoms with Crippen molar-refractivity contribution in [3.05, 3.63) is 142 Å². The van der Waals surface area contributed by atoms with Crippen molar-refractivity contribution in [2.24, 2.45) is 0 Å². The van der Waals surface area contributed by atoms with Gasteiger partial charge in [0, 0.05) is 24.2 Å². The molecule has 2 amide bonds. The Labute approximate surface area is 299 Å². The Morgan fingerprint density at radius 3 is 2.20 bits per heavy atom. The maximum Gasteiger partial charge on any atom is 0.266 e. The van der Waals surface area contributed by atoms with Crippen LogP contribution >= 0.6 is 0 Å². The molecule has 0 radical (unpaired) electrons. The van der Waals surface area contributed by atoms with Gasteiger partial charge < -0.3 is 20.1 Å². The van der Waals surface area contributed by atoms with E-state index in [1.807, 2.05) is 61.5 Å². The van der Waals surface area contributed by atoms with Crippen molar-refractivity contribution in [3.8, 4) is 11.1 Å². The highest BCUT2D eigenvalue weighted by Crippen LogP contribution is 2.39. The quantitative estimate of drug-likeness (QED) is 0.140. The lowest BCUT2D eigenvalue weighted by Crippen LogP contribution is -2.28. The van der Waals surface area contributed by atoms with Crippen molar-refractivity contribution in [3.63, 3.8) is 0 Å². The summed E-state index contributed by atoms with van der Waals surface area (Å²) >= 11 is 0. The van der Waals surface area contributed by atoms with E-state index in [1.54, 1.807) is 24.3 Å². The van der Waals surface area contributed by atoms with Gasteiger partial charge in [-0.15, -0.1) is 0 Å². The molecule has 6 rings (SSSR count). The van der Waals surface area contributed by atoms with Crippen molar-refractivity contribution in [1.29, 1.82) is 0 Å². The minimum atomic E-state index is -4.18. The van der Waals surface area contributed by atoms with E-state index in [-0.39, 0.29) is 19.2 Å². The third kappa shape index (κ3) is 8.48. The van der Waals surface area contributed by atoms with Crippen LogP contribution in [-0.4, -0.2) is 49.5 Å². The zero-order valence-corrected chi connectivity index (χ0v) is 30.0. The van der Waals surface area contributed by atoms with E-state index in [0.717, 1.165) is 33.6 Å². The molecule has 1 heterocycles. The van der Waals surface area contributed by atoms with Crippen molar-refractivity contribution in [1.82, 2.24) is 5.32 Å². The van der Waals surface area contributed by atoms with Gasteiger partial charge in [-0.25, -0.2) is 0 Å². The maximum atomic E-state index is 14.0. The Morgan fingerprint density at radius 2 is 1.55 bits per heavy atom. The first kappa shape index (κ1) is 35.8. The molecule has 4 aromatic carbocycles. The highest BCUT2D eigenvalue weighted by Gasteiger charge is 2.38. The number of carbonyl (C=O) groups excluding carboxylic acids is 2. The van der Waals surface area contributed by atoms with Crippen molar-refractivity contribution < 1.29 is 32.0 Å². The van der Waals surface area contributed by atoms with Gasteiger partial charge in [-0.3, -0.25) is 14.1 Å². The van der Waals surface area contributed by atoms with Gasteiger partial charge in [-0.2, -0.15) is 8.42 Å². The largest absolute Gasteiger partial charge is 0.469 e. The van der Waals surface area contributed by atoms with Gasteiger partial charge in [-0.05, 0) is 109 Å². The lowest BCUT2D eigenvalue weighted by Gasteiger charge is -2.25. The van der Waals surface area contributed by atoms with Crippen LogP contribution in [-0.2, 0) is 30.8 Å². The minimum Gasteiger partial charge on any atom is -0.469 e. The van der Waals surface area contributed by atoms with Crippen molar-refractivity contribution in [2.75, 3.05) is 24.4 Å². The fourth-order valence-corrected chi connectivity index (χ4v) is 7.14. The molecule has 0 bridgehead atoms. The zero-order valence-electron chi connectivity index (χ0n) is 29.2. The molecule has 2 aliphatic rings. The molecule has 0 spiro atoms. The predicted molar refractivity (Wildman–Crippen MR) is 199 cm³/mol. The van der Waals surface area contributed by atoms with E-state index >= 15 is 0 Å². The number of allylic oxidation sites excluding steroid dienone is 2. The Hall–Kier alpha value is -5.03. The highest BCUT2D eigenvalue weighted by molar-refractivity contribution is 7.85. The SMILES string of the molecule is Cc1cc(C)c(-c2ccc(NC(=O)C(Cc3ccc(C(=O)NCCS(=O)(=O)O)cc3)c3ccc(C4=CCC5(C)OCOC5=C4)cc3)cc2)c(C)c1. The van der Waals surface area contributed by atoms with Crippen LogP contribution in [0, 0.1) is 20.8 Å². The van der Waals surface area contributed by atoms with E-state index in [1.165, 1.54) is 22.3 Å². The topological polar surface area (TPSA) is 131 Å². The molecule has 3 N–H and O–H groups in total. The molecule has 264 valence electrons. The monoisotopic (exact) mass is 706 g/mol. The number of rotatable bonds is 11. The van der Waals surface area contributed by atoms with Crippen LogP contribution in [0.1, 0.15) is 63.0 Å². The average Bonchev–Trinajstić information content (AvgIpc) is 3.48. The second kappa shape index (κ2) is 14.7. The van der Waals surface area contributed by atoms with E-state index in [4.69, 9.17) is 14.0 Å². The number of aryl methyl sites for hydroxylation is 3. The number of carbonyl (C=O) groups is 2. The summed E-state index contributed by atoms with van der Waals surface area (Å²) in [5.74, 6) is -0.941. The molecule has 1 fully saturated rings. The fraction of sp³-hybridized carbons (Fsp3) is 0.268. The average molecular weight is 707 g/mol. The number of hydrogen-bond donors (Lipinski definition) is 3. The minimum absolute atomic E-state index is 0.170. The van der Waals surface area contributed by atoms with Crippen LogP contribution in [0.5, 0.6) is 0 Å². The summed E-state index contributed by atoms with van der Waals surface area (Å²) in [6.45, 7) is 8.36. The van der Waals surface area contributed by atoms with Crippen molar-refractivity contribution in [2.45, 2.75) is 52.1 Å². The molecule has 1 aliphatic heterocycles. The maximum absolute atomic E-state index is 14.0.